The van der Waals surface area contributed by atoms with Gasteiger partial charge in [-0.25, -0.2) is 4.98 Å². The molecule has 0 atom stereocenters. The number of nitrogen functional groups attached to an aromatic ring is 1. The number of hydrogen-bond acceptors (Lipinski definition) is 3. The van der Waals surface area contributed by atoms with Gasteiger partial charge >= 0.3 is 0 Å². The lowest BCUT2D eigenvalue weighted by Gasteiger charge is -2.26. The van der Waals surface area contributed by atoms with E-state index in [0.29, 0.717) is 5.95 Å². The average Bonchev–Trinajstić information content (AvgIpc) is 2.44. The number of hydrogen-bond donors (Lipinski definition) is 2. The Kier molecular flexibility index (Phi) is 2.72. The quantitative estimate of drug-likeness (QED) is 0.755. The van der Waals surface area contributed by atoms with Crippen LogP contribution in [0.5, 0.6) is 0 Å². The van der Waals surface area contributed by atoms with Crippen LogP contribution >= 0.6 is 0 Å². The van der Waals surface area contributed by atoms with Crippen LogP contribution in [0.1, 0.15) is 31.9 Å². The molecule has 1 aromatic rings. The summed E-state index contributed by atoms with van der Waals surface area (Å²) in [4.78, 5) is 4.11. The molecule has 0 aliphatic heterocycles. The minimum atomic E-state index is 0.623. The average molecular weight is 194 g/mol. The summed E-state index contributed by atoms with van der Waals surface area (Å²) in [7, 11) is 0. The van der Waals surface area contributed by atoms with Crippen molar-refractivity contribution in [3.63, 3.8) is 0 Å². The van der Waals surface area contributed by atoms with Gasteiger partial charge in [0.1, 0.15) is 0 Å². The highest BCUT2D eigenvalue weighted by Gasteiger charge is 2.17. The molecule has 1 fully saturated rings. The van der Waals surface area contributed by atoms with Gasteiger partial charge < -0.3 is 15.6 Å². The monoisotopic (exact) mass is 194 g/mol. The fraction of sp³-hybridized carbons (Fsp3) is 0.700. The van der Waals surface area contributed by atoms with Crippen molar-refractivity contribution in [3.05, 3.63) is 11.9 Å². The molecular formula is C10H18N4. The van der Waals surface area contributed by atoms with E-state index < -0.39 is 0 Å². The Morgan fingerprint density at radius 3 is 3.00 bits per heavy atom. The zero-order valence-electron chi connectivity index (χ0n) is 8.66. The second-order valence-electron chi connectivity index (χ2n) is 3.86. The van der Waals surface area contributed by atoms with Gasteiger partial charge in [-0.1, -0.05) is 6.42 Å². The minimum absolute atomic E-state index is 0.623. The van der Waals surface area contributed by atoms with Crippen LogP contribution in [0.25, 0.3) is 0 Å². The maximum Gasteiger partial charge on any atom is 0.200 e. The van der Waals surface area contributed by atoms with Crippen LogP contribution in [0.3, 0.4) is 0 Å². The van der Waals surface area contributed by atoms with E-state index in [1.54, 1.807) is 0 Å². The van der Waals surface area contributed by atoms with Gasteiger partial charge in [-0.2, -0.15) is 0 Å². The van der Waals surface area contributed by atoms with Gasteiger partial charge in [-0.3, -0.25) is 0 Å². The Morgan fingerprint density at radius 1 is 1.64 bits per heavy atom. The van der Waals surface area contributed by atoms with Crippen LogP contribution < -0.4 is 11.1 Å². The second kappa shape index (κ2) is 4.00. The van der Waals surface area contributed by atoms with Crippen LogP contribution in [0, 0.1) is 0 Å². The molecule has 1 aromatic heterocycles. The maximum absolute atomic E-state index is 5.73. The third-order valence-electron chi connectivity index (χ3n) is 2.96. The van der Waals surface area contributed by atoms with Gasteiger partial charge in [0.25, 0.3) is 0 Å². The van der Waals surface area contributed by atoms with Gasteiger partial charge in [0.2, 0.25) is 0 Å². The Bertz CT molecular complexity index is 301. The van der Waals surface area contributed by atoms with Crippen LogP contribution in [0.2, 0.25) is 0 Å². The molecule has 0 bridgehead atoms. The summed E-state index contributed by atoms with van der Waals surface area (Å²) >= 11 is 0. The highest BCUT2D eigenvalue weighted by Crippen LogP contribution is 2.18. The highest BCUT2D eigenvalue weighted by atomic mass is 15.2. The van der Waals surface area contributed by atoms with Gasteiger partial charge in [0.15, 0.2) is 5.95 Å². The van der Waals surface area contributed by atoms with Gasteiger partial charge in [0, 0.05) is 19.1 Å². The summed E-state index contributed by atoms with van der Waals surface area (Å²) in [6.07, 6.45) is 5.86. The van der Waals surface area contributed by atoms with Crippen LogP contribution in [0.15, 0.2) is 6.20 Å². The molecule has 14 heavy (non-hydrogen) atoms. The standard InChI is InChI=1S/C10H18N4/c1-2-14-9(7-13-10(14)11)6-12-8-4-3-5-8/h7-8,12H,2-6H2,1H3,(H2,11,13). The Balaban J connectivity index is 1.93. The first-order valence-electron chi connectivity index (χ1n) is 5.34. The fourth-order valence-electron chi connectivity index (χ4n) is 1.79. The summed E-state index contributed by atoms with van der Waals surface area (Å²) in [5.74, 6) is 0.623. The molecule has 0 saturated heterocycles. The molecule has 0 unspecified atom stereocenters. The van der Waals surface area contributed by atoms with E-state index in [1.807, 2.05) is 10.8 Å². The first-order valence-corrected chi connectivity index (χ1v) is 5.34. The molecule has 3 N–H and O–H groups in total. The Hall–Kier alpha value is -1.03. The van der Waals surface area contributed by atoms with Gasteiger partial charge in [-0.15, -0.1) is 0 Å². The third kappa shape index (κ3) is 1.75. The molecule has 2 rings (SSSR count). The van der Waals surface area contributed by atoms with Crippen molar-refractivity contribution in [2.75, 3.05) is 5.73 Å². The largest absolute Gasteiger partial charge is 0.369 e. The molecule has 1 saturated carbocycles. The maximum atomic E-state index is 5.73. The number of rotatable bonds is 4. The van der Waals surface area contributed by atoms with Gasteiger partial charge in [0.05, 0.1) is 11.9 Å². The van der Waals surface area contributed by atoms with Crippen molar-refractivity contribution in [2.24, 2.45) is 0 Å². The number of imidazole rings is 1. The SMILES string of the molecule is CCn1c(CNC2CCC2)cnc1N. The number of nitrogens with two attached hydrogens (primary N) is 1. The number of aromatic nitrogens is 2. The van der Waals surface area contributed by atoms with E-state index in [0.717, 1.165) is 19.1 Å². The molecule has 0 aromatic carbocycles. The predicted octanol–water partition coefficient (Wildman–Crippen LogP) is 1.13. The van der Waals surface area contributed by atoms with E-state index in [1.165, 1.54) is 25.0 Å². The molecule has 1 aliphatic carbocycles. The van der Waals surface area contributed by atoms with E-state index >= 15 is 0 Å². The van der Waals surface area contributed by atoms with Crippen molar-refractivity contribution in [1.82, 2.24) is 14.9 Å². The molecule has 0 amide bonds. The smallest absolute Gasteiger partial charge is 0.200 e. The minimum Gasteiger partial charge on any atom is -0.369 e. The molecular weight excluding hydrogens is 176 g/mol. The first kappa shape index (κ1) is 9.52. The normalized spacial score (nSPS) is 16.9. The zero-order valence-corrected chi connectivity index (χ0v) is 8.66. The molecule has 4 nitrogen and oxygen atoms in total. The first-order chi connectivity index (χ1) is 6.81. The molecule has 78 valence electrons. The topological polar surface area (TPSA) is 55.9 Å². The lowest BCUT2D eigenvalue weighted by atomic mass is 9.93. The van der Waals surface area contributed by atoms with Crippen molar-refractivity contribution < 1.29 is 0 Å². The molecule has 0 spiro atoms. The third-order valence-corrected chi connectivity index (χ3v) is 2.96. The summed E-state index contributed by atoms with van der Waals surface area (Å²) < 4.78 is 2.05. The van der Waals surface area contributed by atoms with Crippen LogP contribution in [0.4, 0.5) is 5.95 Å². The van der Waals surface area contributed by atoms with Crippen molar-refractivity contribution in [3.8, 4) is 0 Å². The molecule has 0 radical (unpaired) electrons. The Labute approximate surface area is 84.5 Å². The number of anilines is 1. The van der Waals surface area contributed by atoms with E-state index in [2.05, 4.69) is 17.2 Å². The predicted molar refractivity (Wildman–Crippen MR) is 56.8 cm³/mol. The van der Waals surface area contributed by atoms with Crippen LogP contribution in [-0.2, 0) is 13.1 Å². The summed E-state index contributed by atoms with van der Waals surface area (Å²) in [6.45, 7) is 3.88. The van der Waals surface area contributed by atoms with Crippen molar-refractivity contribution in [1.29, 1.82) is 0 Å². The van der Waals surface area contributed by atoms with Gasteiger partial charge in [-0.05, 0) is 19.8 Å². The lowest BCUT2D eigenvalue weighted by Crippen LogP contribution is -2.35. The van der Waals surface area contributed by atoms with E-state index in [4.69, 9.17) is 5.73 Å². The summed E-state index contributed by atoms with van der Waals surface area (Å²) in [5, 5.41) is 3.51. The second-order valence-corrected chi connectivity index (χ2v) is 3.86. The summed E-state index contributed by atoms with van der Waals surface area (Å²) in [5.41, 5.74) is 6.92. The highest BCUT2D eigenvalue weighted by molar-refractivity contribution is 5.22. The Morgan fingerprint density at radius 2 is 2.43 bits per heavy atom. The van der Waals surface area contributed by atoms with Crippen molar-refractivity contribution >= 4 is 5.95 Å². The molecule has 1 aliphatic rings. The van der Waals surface area contributed by atoms with E-state index in [9.17, 15) is 0 Å². The van der Waals surface area contributed by atoms with E-state index in [-0.39, 0.29) is 0 Å². The molecule has 4 heteroatoms. The lowest BCUT2D eigenvalue weighted by molar-refractivity contribution is 0.335. The zero-order chi connectivity index (χ0) is 9.97. The van der Waals surface area contributed by atoms with Crippen LogP contribution in [-0.4, -0.2) is 15.6 Å². The number of nitrogens with one attached hydrogen (secondary N) is 1. The summed E-state index contributed by atoms with van der Waals surface area (Å²) in [6, 6.07) is 0.719. The fourth-order valence-corrected chi connectivity index (χ4v) is 1.79. The number of nitrogens with zero attached hydrogens (tertiary/aromatic N) is 2. The van der Waals surface area contributed by atoms with Crippen molar-refractivity contribution in [2.45, 2.75) is 45.3 Å². The molecule has 1 heterocycles.